The second-order valence-electron chi connectivity index (χ2n) is 4.54. The molecule has 16 heavy (non-hydrogen) atoms. The molecule has 0 saturated heterocycles. The highest BCUT2D eigenvalue weighted by Crippen LogP contribution is 2.21. The van der Waals surface area contributed by atoms with Gasteiger partial charge in [0.05, 0.1) is 0 Å². The van der Waals surface area contributed by atoms with Crippen LogP contribution in [0.15, 0.2) is 41.6 Å². The molecule has 0 aliphatic carbocycles. The van der Waals surface area contributed by atoms with Gasteiger partial charge in [-0.25, -0.2) is 0 Å². The Morgan fingerprint density at radius 2 is 2.12 bits per heavy atom. The number of nitrogens with two attached hydrogens (primary N) is 1. The maximum Gasteiger partial charge on any atom is 0.142 e. The van der Waals surface area contributed by atoms with Crippen LogP contribution in [0.5, 0.6) is 0 Å². The quantitative estimate of drug-likeness (QED) is 0.720. The van der Waals surface area contributed by atoms with Crippen molar-refractivity contribution in [2.75, 3.05) is 13.1 Å². The number of nitrogens with one attached hydrogen (secondary N) is 1. The number of hydrogen-bond donors (Lipinski definition) is 2. The lowest BCUT2D eigenvalue weighted by atomic mass is 10.1. The molecule has 2 heteroatoms. The topological polar surface area (TPSA) is 28.6 Å². The first-order valence-electron chi connectivity index (χ1n) is 5.90. The molecule has 0 radical (unpaired) electrons. The van der Waals surface area contributed by atoms with Crippen LogP contribution in [0, 0.1) is 6.92 Å². The molecule has 0 bridgehead atoms. The van der Waals surface area contributed by atoms with Gasteiger partial charge in [0.25, 0.3) is 0 Å². The Bertz CT molecular complexity index is 483. The van der Waals surface area contributed by atoms with Crippen molar-refractivity contribution in [1.29, 1.82) is 0 Å². The molecule has 2 aliphatic rings. The van der Waals surface area contributed by atoms with Crippen LogP contribution in [0.3, 0.4) is 0 Å². The molecule has 0 amide bonds. The number of quaternary nitrogens is 1. The fourth-order valence-electron chi connectivity index (χ4n) is 2.50. The predicted molar refractivity (Wildman–Crippen MR) is 65.6 cm³/mol. The molecular weight excluding hydrogens is 196 g/mol. The van der Waals surface area contributed by atoms with Crippen molar-refractivity contribution >= 4 is 5.70 Å². The van der Waals surface area contributed by atoms with E-state index in [0.717, 1.165) is 13.1 Å². The molecule has 0 spiro atoms. The molecule has 2 heterocycles. The van der Waals surface area contributed by atoms with Crippen molar-refractivity contribution < 1.29 is 5.32 Å². The van der Waals surface area contributed by atoms with Gasteiger partial charge in [-0.05, 0) is 18.6 Å². The Morgan fingerprint density at radius 3 is 2.94 bits per heavy atom. The second kappa shape index (κ2) is 3.89. The number of benzene rings is 1. The summed E-state index contributed by atoms with van der Waals surface area (Å²) in [5, 5.41) is 5.78. The first kappa shape index (κ1) is 9.82. The Labute approximate surface area is 96.1 Å². The van der Waals surface area contributed by atoms with Crippen molar-refractivity contribution in [2.45, 2.75) is 13.3 Å². The molecule has 0 atom stereocenters. The van der Waals surface area contributed by atoms with Crippen molar-refractivity contribution in [1.82, 2.24) is 5.32 Å². The summed E-state index contributed by atoms with van der Waals surface area (Å²) in [4.78, 5) is 0. The minimum Gasteiger partial charge on any atom is -0.312 e. The normalized spacial score (nSPS) is 19.7. The molecule has 0 saturated carbocycles. The summed E-state index contributed by atoms with van der Waals surface area (Å²) in [5.41, 5.74) is 7.11. The minimum absolute atomic E-state index is 1.03. The standard InChI is InChI=1S/C14H16N2/c1-10-4-2-3-5-12(10)14-8-11-9-15-7-6-13(11)16-14/h2-5,8,15-16H,6-7,9H2,1H3/p+1. The zero-order valence-electron chi connectivity index (χ0n) is 9.59. The van der Waals surface area contributed by atoms with Crippen molar-refractivity contribution in [3.8, 4) is 0 Å². The molecule has 2 aliphatic heterocycles. The van der Waals surface area contributed by atoms with Crippen molar-refractivity contribution in [3.63, 3.8) is 0 Å². The maximum absolute atomic E-state index is 3.42. The Balaban J connectivity index is 1.93. The van der Waals surface area contributed by atoms with Crippen LogP contribution in [0.1, 0.15) is 17.5 Å². The van der Waals surface area contributed by atoms with Crippen LogP contribution < -0.4 is 10.6 Å². The van der Waals surface area contributed by atoms with Crippen LogP contribution in [0.25, 0.3) is 5.70 Å². The van der Waals surface area contributed by atoms with Crippen LogP contribution in [0.4, 0.5) is 0 Å². The van der Waals surface area contributed by atoms with E-state index in [1.807, 2.05) is 0 Å². The number of aryl methyl sites for hydroxylation is 1. The van der Waals surface area contributed by atoms with Gasteiger partial charge >= 0.3 is 0 Å². The first-order chi connectivity index (χ1) is 7.84. The van der Waals surface area contributed by atoms with E-state index in [0.29, 0.717) is 0 Å². The molecule has 1 aromatic rings. The predicted octanol–water partition coefficient (Wildman–Crippen LogP) is 1.16. The molecule has 0 fully saturated rings. The van der Waals surface area contributed by atoms with Gasteiger partial charge in [0.2, 0.25) is 0 Å². The number of hydrogen-bond acceptors (Lipinski definition) is 1. The van der Waals surface area contributed by atoms with Gasteiger partial charge in [-0.3, -0.25) is 5.32 Å². The average molecular weight is 213 g/mol. The van der Waals surface area contributed by atoms with E-state index in [2.05, 4.69) is 47.9 Å². The zero-order valence-corrected chi connectivity index (χ0v) is 9.59. The largest absolute Gasteiger partial charge is 0.312 e. The Hall–Kier alpha value is -1.38. The molecule has 82 valence electrons. The second-order valence-corrected chi connectivity index (χ2v) is 4.54. The molecule has 3 N–H and O–H groups in total. The highest BCUT2D eigenvalue weighted by atomic mass is 15.0. The fourth-order valence-corrected chi connectivity index (χ4v) is 2.50. The van der Waals surface area contributed by atoms with Crippen molar-refractivity contribution in [2.24, 2.45) is 0 Å². The SMILES string of the molecule is Cc1ccccc1C1=CC2=C(CCNC2)[NH2+]1. The molecule has 0 unspecified atom stereocenters. The summed E-state index contributed by atoms with van der Waals surface area (Å²) in [5.74, 6) is 0. The summed E-state index contributed by atoms with van der Waals surface area (Å²) in [7, 11) is 0. The third-order valence-electron chi connectivity index (χ3n) is 3.41. The third-order valence-corrected chi connectivity index (χ3v) is 3.41. The van der Waals surface area contributed by atoms with Crippen molar-refractivity contribution in [3.05, 3.63) is 52.7 Å². The van der Waals surface area contributed by atoms with E-state index >= 15 is 0 Å². The molecule has 1 aromatic carbocycles. The van der Waals surface area contributed by atoms with E-state index in [-0.39, 0.29) is 0 Å². The minimum atomic E-state index is 1.03. The average Bonchev–Trinajstić information content (AvgIpc) is 2.73. The lowest BCUT2D eigenvalue weighted by molar-refractivity contribution is -0.508. The lowest BCUT2D eigenvalue weighted by Gasteiger charge is -2.11. The highest BCUT2D eigenvalue weighted by Gasteiger charge is 2.24. The van der Waals surface area contributed by atoms with E-state index in [9.17, 15) is 0 Å². The van der Waals surface area contributed by atoms with Gasteiger partial charge in [-0.15, -0.1) is 0 Å². The smallest absolute Gasteiger partial charge is 0.142 e. The third kappa shape index (κ3) is 1.60. The molecule has 3 rings (SSSR count). The molecule has 2 nitrogen and oxygen atoms in total. The van der Waals surface area contributed by atoms with E-state index in [4.69, 9.17) is 0 Å². The van der Waals surface area contributed by atoms with Crippen LogP contribution in [0.2, 0.25) is 0 Å². The summed E-state index contributed by atoms with van der Waals surface area (Å²) in [6.45, 7) is 4.32. The summed E-state index contributed by atoms with van der Waals surface area (Å²) >= 11 is 0. The van der Waals surface area contributed by atoms with E-state index in [1.54, 1.807) is 0 Å². The molecular formula is C14H17N2+. The van der Waals surface area contributed by atoms with Gasteiger partial charge in [0.1, 0.15) is 11.4 Å². The van der Waals surface area contributed by atoms with Crippen LogP contribution in [-0.2, 0) is 0 Å². The summed E-state index contributed by atoms with van der Waals surface area (Å²) in [6, 6.07) is 8.61. The van der Waals surface area contributed by atoms with Gasteiger partial charge in [0, 0.05) is 36.7 Å². The van der Waals surface area contributed by atoms with Gasteiger partial charge in [-0.1, -0.05) is 18.2 Å². The Morgan fingerprint density at radius 1 is 1.25 bits per heavy atom. The maximum atomic E-state index is 3.42. The summed E-state index contributed by atoms with van der Waals surface area (Å²) in [6.07, 6.45) is 3.51. The highest BCUT2D eigenvalue weighted by molar-refractivity contribution is 5.66. The van der Waals surface area contributed by atoms with Gasteiger partial charge in [-0.2, -0.15) is 0 Å². The van der Waals surface area contributed by atoms with E-state index in [1.165, 1.54) is 34.5 Å². The molecule has 0 aromatic heterocycles. The lowest BCUT2D eigenvalue weighted by Crippen LogP contribution is -2.78. The van der Waals surface area contributed by atoms with Crippen LogP contribution in [-0.4, -0.2) is 13.1 Å². The van der Waals surface area contributed by atoms with Crippen LogP contribution >= 0.6 is 0 Å². The monoisotopic (exact) mass is 213 g/mol. The Kier molecular flexibility index (Phi) is 2.39. The zero-order chi connectivity index (χ0) is 11.0. The fraction of sp³-hybridized carbons (Fsp3) is 0.286. The first-order valence-corrected chi connectivity index (χ1v) is 5.90. The number of rotatable bonds is 1. The summed E-state index contributed by atoms with van der Waals surface area (Å²) < 4.78 is 0. The van der Waals surface area contributed by atoms with Gasteiger partial charge < -0.3 is 5.32 Å². The van der Waals surface area contributed by atoms with Gasteiger partial charge in [0.15, 0.2) is 0 Å². The van der Waals surface area contributed by atoms with E-state index < -0.39 is 0 Å².